The van der Waals surface area contributed by atoms with Gasteiger partial charge in [0.05, 0.1) is 18.2 Å². The van der Waals surface area contributed by atoms with Gasteiger partial charge in [0.1, 0.15) is 5.75 Å². The topological polar surface area (TPSA) is 41.6 Å². The van der Waals surface area contributed by atoms with Crippen LogP contribution in [0.15, 0.2) is 41.8 Å². The zero-order valence-corrected chi connectivity index (χ0v) is 14.8. The Morgan fingerprint density at radius 2 is 2.04 bits per heavy atom. The minimum atomic E-state index is -0.0696. The standard InChI is InChI=1S/C19H24N2O2S/c1-2-23-17-9-4-3-8-15(17)19(22)20-14-16(18-10-7-13-24-18)21-11-5-6-12-21/h3-4,7-10,13,16H,2,5-6,11-12,14H2,1H3,(H,20,22)/t16-/m0/s1. The molecule has 1 aromatic heterocycles. The van der Waals surface area contributed by atoms with Gasteiger partial charge in [-0.1, -0.05) is 18.2 Å². The van der Waals surface area contributed by atoms with Gasteiger partial charge in [0.25, 0.3) is 5.91 Å². The van der Waals surface area contributed by atoms with E-state index in [1.807, 2.05) is 31.2 Å². The first-order chi connectivity index (χ1) is 11.8. The van der Waals surface area contributed by atoms with Crippen molar-refractivity contribution in [1.29, 1.82) is 0 Å². The highest BCUT2D eigenvalue weighted by molar-refractivity contribution is 7.10. The zero-order valence-electron chi connectivity index (χ0n) is 14.0. The molecule has 0 bridgehead atoms. The summed E-state index contributed by atoms with van der Waals surface area (Å²) in [6, 6.07) is 11.9. The van der Waals surface area contributed by atoms with Crippen molar-refractivity contribution in [3.8, 4) is 5.75 Å². The molecular weight excluding hydrogens is 320 g/mol. The number of likely N-dealkylation sites (tertiary alicyclic amines) is 1. The Balaban J connectivity index is 1.69. The number of hydrogen-bond donors (Lipinski definition) is 1. The lowest BCUT2D eigenvalue weighted by molar-refractivity contribution is 0.0934. The van der Waals surface area contributed by atoms with E-state index in [9.17, 15) is 4.79 Å². The van der Waals surface area contributed by atoms with Crippen LogP contribution in [0.25, 0.3) is 0 Å². The normalized spacial score (nSPS) is 16.0. The van der Waals surface area contributed by atoms with E-state index in [0.717, 1.165) is 13.1 Å². The summed E-state index contributed by atoms with van der Waals surface area (Å²) < 4.78 is 5.57. The van der Waals surface area contributed by atoms with Crippen LogP contribution >= 0.6 is 11.3 Å². The number of hydrogen-bond acceptors (Lipinski definition) is 4. The van der Waals surface area contributed by atoms with Crippen molar-refractivity contribution in [2.75, 3.05) is 26.2 Å². The van der Waals surface area contributed by atoms with Gasteiger partial charge in [-0.15, -0.1) is 11.3 Å². The molecule has 0 saturated carbocycles. The molecule has 0 unspecified atom stereocenters. The van der Waals surface area contributed by atoms with Crippen LogP contribution in [0.2, 0.25) is 0 Å². The van der Waals surface area contributed by atoms with Crippen molar-refractivity contribution >= 4 is 17.2 Å². The van der Waals surface area contributed by atoms with Gasteiger partial charge >= 0.3 is 0 Å². The number of rotatable bonds is 7. The largest absolute Gasteiger partial charge is 0.493 e. The lowest BCUT2D eigenvalue weighted by Crippen LogP contribution is -2.36. The van der Waals surface area contributed by atoms with Crippen LogP contribution in [0, 0.1) is 0 Å². The van der Waals surface area contributed by atoms with Gasteiger partial charge in [0, 0.05) is 11.4 Å². The Labute approximate surface area is 147 Å². The number of carbonyl (C=O) groups is 1. The second-order valence-electron chi connectivity index (χ2n) is 5.91. The van der Waals surface area contributed by atoms with Crippen LogP contribution < -0.4 is 10.1 Å². The fourth-order valence-electron chi connectivity index (χ4n) is 3.16. The fourth-order valence-corrected chi connectivity index (χ4v) is 4.02. The first-order valence-electron chi connectivity index (χ1n) is 8.57. The highest BCUT2D eigenvalue weighted by atomic mass is 32.1. The van der Waals surface area contributed by atoms with Gasteiger partial charge in [-0.2, -0.15) is 0 Å². The molecular formula is C19H24N2O2S. The molecule has 1 aromatic carbocycles. The van der Waals surface area contributed by atoms with Gasteiger partial charge in [-0.3, -0.25) is 9.69 Å². The van der Waals surface area contributed by atoms with E-state index in [1.54, 1.807) is 11.3 Å². The van der Waals surface area contributed by atoms with Crippen LogP contribution in [0.5, 0.6) is 5.75 Å². The summed E-state index contributed by atoms with van der Waals surface area (Å²) in [5.41, 5.74) is 0.603. The van der Waals surface area contributed by atoms with E-state index >= 15 is 0 Å². The maximum atomic E-state index is 12.6. The Bertz CT molecular complexity index is 651. The number of carbonyl (C=O) groups excluding carboxylic acids is 1. The summed E-state index contributed by atoms with van der Waals surface area (Å²) in [7, 11) is 0. The van der Waals surface area contributed by atoms with E-state index in [1.165, 1.54) is 17.7 Å². The van der Waals surface area contributed by atoms with Crippen LogP contribution in [0.4, 0.5) is 0 Å². The van der Waals surface area contributed by atoms with Crippen LogP contribution in [0.1, 0.15) is 41.0 Å². The molecule has 3 rings (SSSR count). The molecule has 0 radical (unpaired) electrons. The molecule has 1 aliphatic rings. The molecule has 1 amide bonds. The maximum Gasteiger partial charge on any atom is 0.255 e. The number of para-hydroxylation sites is 1. The lowest BCUT2D eigenvalue weighted by atomic mass is 10.1. The Morgan fingerprint density at radius 1 is 1.25 bits per heavy atom. The lowest BCUT2D eigenvalue weighted by Gasteiger charge is -2.27. The number of benzene rings is 1. The first kappa shape index (κ1) is 17.0. The highest BCUT2D eigenvalue weighted by Gasteiger charge is 2.25. The number of nitrogens with one attached hydrogen (secondary N) is 1. The highest BCUT2D eigenvalue weighted by Crippen LogP contribution is 2.28. The number of thiophene rings is 1. The van der Waals surface area contributed by atoms with Crippen molar-refractivity contribution in [2.24, 2.45) is 0 Å². The molecule has 1 aliphatic heterocycles. The van der Waals surface area contributed by atoms with Crippen molar-refractivity contribution in [2.45, 2.75) is 25.8 Å². The molecule has 24 heavy (non-hydrogen) atoms. The third kappa shape index (κ3) is 3.97. The van der Waals surface area contributed by atoms with Gasteiger partial charge < -0.3 is 10.1 Å². The second-order valence-corrected chi connectivity index (χ2v) is 6.89. The van der Waals surface area contributed by atoms with E-state index in [-0.39, 0.29) is 11.9 Å². The van der Waals surface area contributed by atoms with Crippen molar-refractivity contribution in [1.82, 2.24) is 10.2 Å². The van der Waals surface area contributed by atoms with E-state index in [4.69, 9.17) is 4.74 Å². The predicted molar refractivity (Wildman–Crippen MR) is 97.8 cm³/mol. The molecule has 2 heterocycles. The summed E-state index contributed by atoms with van der Waals surface area (Å²) in [5, 5.41) is 5.21. The summed E-state index contributed by atoms with van der Waals surface area (Å²) in [6.45, 7) is 5.31. The van der Waals surface area contributed by atoms with Gasteiger partial charge in [-0.05, 0) is 56.4 Å². The summed E-state index contributed by atoms with van der Waals surface area (Å²) in [5.74, 6) is 0.575. The fraction of sp³-hybridized carbons (Fsp3) is 0.421. The van der Waals surface area contributed by atoms with Crippen LogP contribution in [0.3, 0.4) is 0 Å². The van der Waals surface area contributed by atoms with Crippen molar-refractivity contribution in [3.05, 3.63) is 52.2 Å². The molecule has 1 atom stereocenters. The third-order valence-electron chi connectivity index (χ3n) is 4.34. The van der Waals surface area contributed by atoms with E-state index in [0.29, 0.717) is 24.5 Å². The summed E-state index contributed by atoms with van der Waals surface area (Å²) in [4.78, 5) is 16.4. The number of ether oxygens (including phenoxy) is 1. The Hall–Kier alpha value is -1.85. The van der Waals surface area contributed by atoms with E-state index < -0.39 is 0 Å². The summed E-state index contributed by atoms with van der Waals surface area (Å²) >= 11 is 1.76. The van der Waals surface area contributed by atoms with Crippen LogP contribution in [-0.2, 0) is 0 Å². The molecule has 128 valence electrons. The molecule has 0 spiro atoms. The second kappa shape index (κ2) is 8.31. The maximum absolute atomic E-state index is 12.6. The number of nitrogens with zero attached hydrogens (tertiary/aromatic N) is 1. The van der Waals surface area contributed by atoms with Gasteiger partial charge in [0.2, 0.25) is 0 Å². The Morgan fingerprint density at radius 3 is 2.75 bits per heavy atom. The Kier molecular flexibility index (Phi) is 5.88. The average molecular weight is 344 g/mol. The molecule has 0 aliphatic carbocycles. The van der Waals surface area contributed by atoms with E-state index in [2.05, 4.69) is 27.7 Å². The van der Waals surface area contributed by atoms with Crippen molar-refractivity contribution < 1.29 is 9.53 Å². The molecule has 5 heteroatoms. The molecule has 1 saturated heterocycles. The first-order valence-corrected chi connectivity index (χ1v) is 9.45. The summed E-state index contributed by atoms with van der Waals surface area (Å²) in [6.07, 6.45) is 2.48. The van der Waals surface area contributed by atoms with Crippen LogP contribution in [-0.4, -0.2) is 37.0 Å². The average Bonchev–Trinajstić information content (AvgIpc) is 3.30. The quantitative estimate of drug-likeness (QED) is 0.832. The zero-order chi connectivity index (χ0) is 16.8. The third-order valence-corrected chi connectivity index (χ3v) is 5.31. The minimum absolute atomic E-state index is 0.0696. The van der Waals surface area contributed by atoms with Crippen molar-refractivity contribution in [3.63, 3.8) is 0 Å². The minimum Gasteiger partial charge on any atom is -0.493 e. The smallest absolute Gasteiger partial charge is 0.255 e. The SMILES string of the molecule is CCOc1ccccc1C(=O)NC[C@@H](c1cccs1)N1CCCC1. The molecule has 4 nitrogen and oxygen atoms in total. The van der Waals surface area contributed by atoms with Gasteiger partial charge in [0.15, 0.2) is 0 Å². The molecule has 1 N–H and O–H groups in total. The number of amides is 1. The predicted octanol–water partition coefficient (Wildman–Crippen LogP) is 3.71. The molecule has 1 fully saturated rings. The molecule has 2 aromatic rings. The monoisotopic (exact) mass is 344 g/mol. The van der Waals surface area contributed by atoms with Gasteiger partial charge in [-0.25, -0.2) is 0 Å².